The van der Waals surface area contributed by atoms with Crippen molar-refractivity contribution in [3.05, 3.63) is 258 Å². The number of rotatable bonds is 6. The zero-order valence-electron chi connectivity index (χ0n) is 40.9. The Morgan fingerprint density at radius 2 is 0.845 bits per heavy atom. The lowest BCUT2D eigenvalue weighted by Crippen LogP contribution is -2.59. The maximum atomic E-state index is 2.65. The summed E-state index contributed by atoms with van der Waals surface area (Å²) < 4.78 is 0. The predicted molar refractivity (Wildman–Crippen MR) is 296 cm³/mol. The smallest absolute Gasteiger partial charge is 0.0505 e. The van der Waals surface area contributed by atoms with E-state index in [0.717, 1.165) is 12.8 Å². The summed E-state index contributed by atoms with van der Waals surface area (Å²) in [7, 11) is 0. The summed E-state index contributed by atoms with van der Waals surface area (Å²) in [6, 6.07) is 87.2. The molecule has 1 nitrogen and oxygen atoms in total. The lowest BCUT2D eigenvalue weighted by molar-refractivity contribution is 0.0118. The molecule has 5 aliphatic rings. The van der Waals surface area contributed by atoms with Gasteiger partial charge in [-0.1, -0.05) is 201 Å². The molecule has 14 rings (SSSR count). The minimum Gasteiger partial charge on any atom is -0.310 e. The van der Waals surface area contributed by atoms with Gasteiger partial charge in [-0.3, -0.25) is 0 Å². The number of aryl methyl sites for hydroxylation is 1. The van der Waals surface area contributed by atoms with Gasteiger partial charge in [-0.05, 0) is 184 Å². The van der Waals surface area contributed by atoms with Gasteiger partial charge in [-0.2, -0.15) is 0 Å². The maximum Gasteiger partial charge on any atom is 0.0505 e. The molecule has 9 aromatic carbocycles. The van der Waals surface area contributed by atoms with Gasteiger partial charge in [0.25, 0.3) is 0 Å². The van der Waals surface area contributed by atoms with Crippen molar-refractivity contribution in [2.45, 2.75) is 92.8 Å². The summed E-state index contributed by atoms with van der Waals surface area (Å²) in [6.07, 6.45) is 10.6. The van der Waals surface area contributed by atoms with E-state index in [1.54, 1.807) is 27.8 Å². The van der Waals surface area contributed by atoms with Gasteiger partial charge >= 0.3 is 0 Å². The zero-order chi connectivity index (χ0) is 47.2. The first kappa shape index (κ1) is 42.6. The van der Waals surface area contributed by atoms with E-state index < -0.39 is 0 Å². The number of anilines is 3. The largest absolute Gasteiger partial charge is 0.310 e. The van der Waals surface area contributed by atoms with Crippen molar-refractivity contribution < 1.29 is 0 Å². The van der Waals surface area contributed by atoms with E-state index in [9.17, 15) is 0 Å². The fourth-order valence-electron chi connectivity index (χ4n) is 16.4. The molecule has 0 heterocycles. The number of fused-ring (bicyclic) bond motifs is 10. The van der Waals surface area contributed by atoms with Gasteiger partial charge < -0.3 is 4.90 Å². The van der Waals surface area contributed by atoms with Crippen LogP contribution < -0.4 is 4.90 Å². The minimum atomic E-state index is -0.196. The first-order valence-corrected chi connectivity index (χ1v) is 26.6. The topological polar surface area (TPSA) is 3.24 Å². The molecule has 6 unspecified atom stereocenters. The van der Waals surface area contributed by atoms with Gasteiger partial charge in [0, 0.05) is 27.6 Å². The number of hydrogen-bond acceptors (Lipinski definition) is 1. The van der Waals surface area contributed by atoms with Crippen molar-refractivity contribution in [2.75, 3.05) is 4.90 Å². The molecule has 0 saturated heterocycles. The van der Waals surface area contributed by atoms with Gasteiger partial charge in [0.05, 0.1) is 5.69 Å². The van der Waals surface area contributed by atoms with Crippen LogP contribution in [0.4, 0.5) is 17.1 Å². The second-order valence-electron chi connectivity index (χ2n) is 22.0. The van der Waals surface area contributed by atoms with Crippen LogP contribution in [0.2, 0.25) is 0 Å². The molecule has 346 valence electrons. The first-order valence-electron chi connectivity index (χ1n) is 26.6. The minimum absolute atomic E-state index is 0.115. The molecular weight excluding hydrogens is 855 g/mol. The second kappa shape index (κ2) is 16.7. The highest BCUT2D eigenvalue weighted by atomic mass is 15.1. The fraction of sp³-hybridized carbons (Fsp3) is 0.229. The Hall–Kier alpha value is -7.22. The van der Waals surface area contributed by atoms with Crippen LogP contribution in [0.15, 0.2) is 224 Å². The van der Waals surface area contributed by atoms with E-state index in [0.29, 0.717) is 17.8 Å². The standard InChI is InChI=1S/C70H61N/c1-48-20-8-9-25-55(48)60-30-14-16-33-63(60)68-42-19-43-70-47-52(41-45-69(67(68)70)46-51(40-44-68)56-26-10-12-28-58(56)61-31-15-17-34-64(61)69)57-27-11-13-29-59(57)62-32-18-35-65(66(62)70)71(53-23-6-3-7-24-53)54-38-36-50(37-39-54)49-21-4-2-5-22-49/h2-18,20-39,51-52,67H,19,40-47H2,1H3. The molecule has 5 aliphatic carbocycles. The monoisotopic (exact) mass is 915 g/mol. The van der Waals surface area contributed by atoms with E-state index in [-0.39, 0.29) is 16.2 Å². The Labute approximate surface area is 420 Å². The quantitative estimate of drug-likeness (QED) is 0.161. The summed E-state index contributed by atoms with van der Waals surface area (Å²) in [5.74, 6) is 1.18. The van der Waals surface area contributed by atoms with E-state index in [4.69, 9.17) is 0 Å². The molecule has 6 atom stereocenters. The summed E-state index contributed by atoms with van der Waals surface area (Å²) in [4.78, 5) is 2.65. The van der Waals surface area contributed by atoms with Gasteiger partial charge in [0.1, 0.15) is 0 Å². The van der Waals surface area contributed by atoms with E-state index in [1.807, 2.05) is 0 Å². The second-order valence-corrected chi connectivity index (χ2v) is 22.0. The van der Waals surface area contributed by atoms with E-state index >= 15 is 0 Å². The highest BCUT2D eigenvalue weighted by molar-refractivity contribution is 5.88. The van der Waals surface area contributed by atoms with Crippen molar-refractivity contribution in [2.24, 2.45) is 5.92 Å². The van der Waals surface area contributed by atoms with Crippen molar-refractivity contribution in [3.8, 4) is 44.5 Å². The third-order valence-electron chi connectivity index (χ3n) is 18.8. The molecule has 4 bridgehead atoms. The molecule has 0 aromatic heterocycles. The van der Waals surface area contributed by atoms with Gasteiger partial charge in [-0.15, -0.1) is 0 Å². The lowest BCUT2D eigenvalue weighted by Gasteiger charge is -2.62. The molecule has 2 spiro atoms. The van der Waals surface area contributed by atoms with Gasteiger partial charge in [0.15, 0.2) is 0 Å². The Balaban J connectivity index is 1.11. The highest BCUT2D eigenvalue weighted by Gasteiger charge is 2.68. The van der Waals surface area contributed by atoms with Gasteiger partial charge in [-0.25, -0.2) is 0 Å². The molecular formula is C70H61N. The molecule has 3 saturated carbocycles. The Kier molecular flexibility index (Phi) is 10.0. The molecule has 71 heavy (non-hydrogen) atoms. The summed E-state index contributed by atoms with van der Waals surface area (Å²) in [5.41, 5.74) is 23.7. The summed E-state index contributed by atoms with van der Waals surface area (Å²) >= 11 is 0. The zero-order valence-corrected chi connectivity index (χ0v) is 40.9. The molecule has 3 fully saturated rings. The lowest BCUT2D eigenvalue weighted by atomic mass is 9.41. The summed E-state index contributed by atoms with van der Waals surface area (Å²) in [5, 5.41) is 0. The highest BCUT2D eigenvalue weighted by Crippen LogP contribution is 2.75. The third-order valence-corrected chi connectivity index (χ3v) is 18.8. The van der Waals surface area contributed by atoms with Crippen molar-refractivity contribution in [3.63, 3.8) is 0 Å². The van der Waals surface area contributed by atoms with Crippen molar-refractivity contribution in [1.82, 2.24) is 0 Å². The molecule has 1 heteroatoms. The number of nitrogens with zero attached hydrogens (tertiary/aromatic N) is 1. The van der Waals surface area contributed by atoms with Crippen LogP contribution in [0, 0.1) is 12.8 Å². The maximum absolute atomic E-state index is 2.65. The van der Waals surface area contributed by atoms with Crippen LogP contribution in [-0.2, 0) is 16.2 Å². The average molecular weight is 916 g/mol. The van der Waals surface area contributed by atoms with Crippen LogP contribution in [-0.4, -0.2) is 0 Å². The molecule has 0 radical (unpaired) electrons. The summed E-state index contributed by atoms with van der Waals surface area (Å²) in [6.45, 7) is 2.33. The normalized spacial score (nSPS) is 24.5. The molecule has 0 aliphatic heterocycles. The van der Waals surface area contributed by atoms with Crippen molar-refractivity contribution >= 4 is 17.1 Å². The molecule has 9 aromatic rings. The molecule has 0 amide bonds. The van der Waals surface area contributed by atoms with Crippen LogP contribution in [0.1, 0.15) is 103 Å². The Morgan fingerprint density at radius 1 is 0.366 bits per heavy atom. The van der Waals surface area contributed by atoms with Crippen LogP contribution >= 0.6 is 0 Å². The number of hydrogen-bond donors (Lipinski definition) is 0. The first-order chi connectivity index (χ1) is 35.1. The Morgan fingerprint density at radius 3 is 1.54 bits per heavy atom. The number of para-hydroxylation sites is 1. The average Bonchev–Trinajstić information content (AvgIpc) is 3.81. The fourth-order valence-corrected chi connectivity index (χ4v) is 16.4. The van der Waals surface area contributed by atoms with E-state index in [2.05, 4.69) is 236 Å². The molecule has 0 N–H and O–H groups in total. The third kappa shape index (κ3) is 6.44. The number of benzene rings is 9. The van der Waals surface area contributed by atoms with Crippen LogP contribution in [0.5, 0.6) is 0 Å². The van der Waals surface area contributed by atoms with Crippen LogP contribution in [0.25, 0.3) is 44.5 Å². The van der Waals surface area contributed by atoms with Gasteiger partial charge in [0.2, 0.25) is 0 Å². The van der Waals surface area contributed by atoms with Crippen LogP contribution in [0.3, 0.4) is 0 Å². The van der Waals surface area contributed by atoms with Crippen molar-refractivity contribution in [1.29, 1.82) is 0 Å². The van der Waals surface area contributed by atoms with E-state index in [1.165, 1.54) is 112 Å². The SMILES string of the molecule is Cc1ccccc1-c1ccccc1C12CCCC34CC(CCC5(CC(CC1)c1ccccc1-c1ccccc15)C23)c1ccccc1-c1cccc(N(c2ccccc2)c2ccc(-c3ccccc3)cc2)c14. The predicted octanol–water partition coefficient (Wildman–Crippen LogP) is 18.6. The Bertz CT molecular complexity index is 3460.